The highest BCUT2D eigenvalue weighted by Crippen LogP contribution is 2.27. The second-order valence-corrected chi connectivity index (χ2v) is 8.45. The van der Waals surface area contributed by atoms with Crippen LogP contribution in [0.5, 0.6) is 5.75 Å². The molecule has 0 heterocycles. The number of nitrogens with zero attached hydrogens (tertiary/aromatic N) is 1. The lowest BCUT2D eigenvalue weighted by atomic mass is 10.1. The summed E-state index contributed by atoms with van der Waals surface area (Å²) >= 11 is 0. The number of hydrogen-bond donors (Lipinski definition) is 1. The first-order chi connectivity index (χ1) is 12.6. The number of benzene rings is 2. The van der Waals surface area contributed by atoms with E-state index in [2.05, 4.69) is 5.32 Å². The predicted octanol–water partition coefficient (Wildman–Crippen LogP) is 2.96. The van der Waals surface area contributed by atoms with Crippen molar-refractivity contribution in [3.8, 4) is 5.75 Å². The molecule has 0 spiro atoms. The molecule has 2 aromatic rings. The van der Waals surface area contributed by atoms with Gasteiger partial charge in [-0.25, -0.2) is 8.42 Å². The Hall–Kier alpha value is -2.54. The summed E-state index contributed by atoms with van der Waals surface area (Å²) in [4.78, 5) is 12.6. The Labute approximate surface area is 161 Å². The normalized spacial score (nSPS) is 12.3. The SMILES string of the molecule is COc1ccccc1C(C)NC(=O)CN(c1c(C)cccc1C)S(C)(=O)=O. The Morgan fingerprint density at radius 1 is 1.11 bits per heavy atom. The quantitative estimate of drug-likeness (QED) is 0.789. The first kappa shape index (κ1) is 20.8. The second kappa shape index (κ2) is 8.43. The van der Waals surface area contributed by atoms with Crippen LogP contribution in [-0.2, 0) is 14.8 Å². The number of aryl methyl sites for hydroxylation is 2. The topological polar surface area (TPSA) is 75.7 Å². The zero-order valence-electron chi connectivity index (χ0n) is 16.3. The molecule has 0 radical (unpaired) electrons. The van der Waals surface area contributed by atoms with Crippen molar-refractivity contribution in [1.82, 2.24) is 5.32 Å². The number of carbonyl (C=O) groups excluding carboxylic acids is 1. The Kier molecular flexibility index (Phi) is 6.49. The molecule has 0 aliphatic heterocycles. The zero-order chi connectivity index (χ0) is 20.2. The molecular weight excluding hydrogens is 364 g/mol. The van der Waals surface area contributed by atoms with E-state index in [-0.39, 0.29) is 18.5 Å². The van der Waals surface area contributed by atoms with Gasteiger partial charge < -0.3 is 10.1 Å². The highest BCUT2D eigenvalue weighted by atomic mass is 32.2. The maximum Gasteiger partial charge on any atom is 0.241 e. The minimum atomic E-state index is -3.62. The fraction of sp³-hybridized carbons (Fsp3) is 0.350. The Balaban J connectivity index is 2.25. The smallest absolute Gasteiger partial charge is 0.241 e. The third kappa shape index (κ3) is 5.01. The highest BCUT2D eigenvalue weighted by Gasteiger charge is 2.25. The summed E-state index contributed by atoms with van der Waals surface area (Å²) in [7, 11) is -2.05. The first-order valence-electron chi connectivity index (χ1n) is 8.61. The van der Waals surface area contributed by atoms with Gasteiger partial charge in [0.05, 0.1) is 25.1 Å². The summed E-state index contributed by atoms with van der Waals surface area (Å²) in [6.45, 7) is 5.20. The lowest BCUT2D eigenvalue weighted by Crippen LogP contribution is -2.41. The minimum Gasteiger partial charge on any atom is -0.496 e. The number of anilines is 1. The number of amides is 1. The van der Waals surface area contributed by atoms with Crippen molar-refractivity contribution in [3.05, 3.63) is 59.2 Å². The first-order valence-corrected chi connectivity index (χ1v) is 10.5. The average molecular weight is 391 g/mol. The fourth-order valence-electron chi connectivity index (χ4n) is 3.08. The average Bonchev–Trinajstić information content (AvgIpc) is 2.59. The molecule has 0 saturated carbocycles. The van der Waals surface area contributed by atoms with Gasteiger partial charge in [-0.3, -0.25) is 9.10 Å². The second-order valence-electron chi connectivity index (χ2n) is 6.54. The van der Waals surface area contributed by atoms with Crippen LogP contribution in [-0.4, -0.2) is 34.2 Å². The molecule has 2 aromatic carbocycles. The van der Waals surface area contributed by atoms with Gasteiger partial charge >= 0.3 is 0 Å². The molecule has 0 aromatic heterocycles. The number of hydrogen-bond acceptors (Lipinski definition) is 4. The van der Waals surface area contributed by atoms with E-state index in [0.717, 1.165) is 27.3 Å². The van der Waals surface area contributed by atoms with E-state index >= 15 is 0 Å². The van der Waals surface area contributed by atoms with Gasteiger partial charge in [0.15, 0.2) is 0 Å². The number of ether oxygens (including phenoxy) is 1. The number of sulfonamides is 1. The van der Waals surface area contributed by atoms with Crippen LogP contribution in [0.4, 0.5) is 5.69 Å². The van der Waals surface area contributed by atoms with Crippen LogP contribution in [0.1, 0.15) is 29.7 Å². The minimum absolute atomic E-state index is 0.288. The maximum absolute atomic E-state index is 12.6. The van der Waals surface area contributed by atoms with Crippen LogP contribution in [0, 0.1) is 13.8 Å². The molecule has 146 valence electrons. The van der Waals surface area contributed by atoms with E-state index in [0.29, 0.717) is 11.4 Å². The Morgan fingerprint density at radius 3 is 2.26 bits per heavy atom. The van der Waals surface area contributed by atoms with Gasteiger partial charge in [-0.2, -0.15) is 0 Å². The van der Waals surface area contributed by atoms with Crippen molar-refractivity contribution in [2.45, 2.75) is 26.8 Å². The molecule has 0 fully saturated rings. The molecule has 1 atom stereocenters. The van der Waals surface area contributed by atoms with Gasteiger partial charge in [-0.1, -0.05) is 36.4 Å². The predicted molar refractivity (Wildman–Crippen MR) is 108 cm³/mol. The monoisotopic (exact) mass is 390 g/mol. The van der Waals surface area contributed by atoms with E-state index in [4.69, 9.17) is 4.74 Å². The molecular formula is C20H26N2O4S. The van der Waals surface area contributed by atoms with Gasteiger partial charge in [0.1, 0.15) is 12.3 Å². The summed E-state index contributed by atoms with van der Waals surface area (Å²) in [5, 5.41) is 2.86. The summed E-state index contributed by atoms with van der Waals surface area (Å²) in [5.41, 5.74) is 2.96. The molecule has 2 rings (SSSR count). The van der Waals surface area contributed by atoms with Crippen LogP contribution >= 0.6 is 0 Å². The van der Waals surface area contributed by atoms with Crippen molar-refractivity contribution in [2.75, 3.05) is 24.2 Å². The van der Waals surface area contributed by atoms with Crippen molar-refractivity contribution >= 4 is 21.6 Å². The van der Waals surface area contributed by atoms with Gasteiger partial charge in [-0.15, -0.1) is 0 Å². The highest BCUT2D eigenvalue weighted by molar-refractivity contribution is 7.92. The third-order valence-electron chi connectivity index (χ3n) is 4.36. The molecule has 0 aliphatic carbocycles. The number of nitrogens with one attached hydrogen (secondary N) is 1. The lowest BCUT2D eigenvalue weighted by molar-refractivity contribution is -0.120. The molecule has 1 N–H and O–H groups in total. The van der Waals surface area contributed by atoms with Crippen LogP contribution in [0.15, 0.2) is 42.5 Å². The number of para-hydroxylation sites is 2. The van der Waals surface area contributed by atoms with Gasteiger partial charge in [0, 0.05) is 5.56 Å². The van der Waals surface area contributed by atoms with Crippen LogP contribution in [0.25, 0.3) is 0 Å². The lowest BCUT2D eigenvalue weighted by Gasteiger charge is -2.26. The maximum atomic E-state index is 12.6. The van der Waals surface area contributed by atoms with Gasteiger partial charge in [0.25, 0.3) is 0 Å². The summed E-state index contributed by atoms with van der Waals surface area (Å²) in [6.07, 6.45) is 1.11. The number of methoxy groups -OCH3 is 1. The van der Waals surface area contributed by atoms with Crippen molar-refractivity contribution in [1.29, 1.82) is 0 Å². The molecule has 27 heavy (non-hydrogen) atoms. The molecule has 0 saturated heterocycles. The zero-order valence-corrected chi connectivity index (χ0v) is 17.1. The van der Waals surface area contributed by atoms with Gasteiger partial charge in [-0.05, 0) is 38.0 Å². The third-order valence-corrected chi connectivity index (χ3v) is 5.47. The van der Waals surface area contributed by atoms with Crippen LogP contribution in [0.3, 0.4) is 0 Å². The molecule has 1 amide bonds. The van der Waals surface area contributed by atoms with E-state index in [1.54, 1.807) is 7.11 Å². The Morgan fingerprint density at radius 2 is 1.70 bits per heavy atom. The molecule has 7 heteroatoms. The molecule has 0 bridgehead atoms. The fourth-order valence-corrected chi connectivity index (χ4v) is 4.05. The van der Waals surface area contributed by atoms with Crippen LogP contribution < -0.4 is 14.4 Å². The van der Waals surface area contributed by atoms with E-state index in [9.17, 15) is 13.2 Å². The largest absolute Gasteiger partial charge is 0.496 e. The Bertz CT molecular complexity index is 905. The molecule has 1 unspecified atom stereocenters. The van der Waals surface area contributed by atoms with E-state index in [1.807, 2.05) is 63.2 Å². The van der Waals surface area contributed by atoms with E-state index < -0.39 is 10.0 Å². The number of rotatable bonds is 7. The molecule has 6 nitrogen and oxygen atoms in total. The van der Waals surface area contributed by atoms with Crippen molar-refractivity contribution < 1.29 is 17.9 Å². The van der Waals surface area contributed by atoms with Crippen molar-refractivity contribution in [2.24, 2.45) is 0 Å². The summed E-state index contributed by atoms with van der Waals surface area (Å²) < 4.78 is 31.2. The summed E-state index contributed by atoms with van der Waals surface area (Å²) in [5.74, 6) is 0.279. The van der Waals surface area contributed by atoms with Gasteiger partial charge in [0.2, 0.25) is 15.9 Å². The molecule has 0 aliphatic rings. The summed E-state index contributed by atoms with van der Waals surface area (Å²) in [6, 6.07) is 12.6. The van der Waals surface area contributed by atoms with Crippen molar-refractivity contribution in [3.63, 3.8) is 0 Å². The number of carbonyl (C=O) groups is 1. The van der Waals surface area contributed by atoms with Crippen LogP contribution in [0.2, 0.25) is 0 Å². The van der Waals surface area contributed by atoms with E-state index in [1.165, 1.54) is 0 Å². The standard InChI is InChI=1S/C20H26N2O4S/c1-14-9-8-10-15(2)20(14)22(27(5,24)25)13-19(23)21-16(3)17-11-6-7-12-18(17)26-4/h6-12,16H,13H2,1-5H3,(H,21,23).